The zero-order valence-corrected chi connectivity index (χ0v) is 11.1. The summed E-state index contributed by atoms with van der Waals surface area (Å²) in [6.45, 7) is 0. The van der Waals surface area contributed by atoms with Gasteiger partial charge in [-0.2, -0.15) is 0 Å². The zero-order chi connectivity index (χ0) is 2.71. The van der Waals surface area contributed by atoms with Crippen LogP contribution in [0.4, 0.5) is 0 Å². The van der Waals surface area contributed by atoms with E-state index in [0.717, 1.165) is 14.1 Å². The van der Waals surface area contributed by atoms with Crippen LogP contribution in [0.3, 0.4) is 0 Å². The molecule has 0 aliphatic heterocycles. The van der Waals surface area contributed by atoms with E-state index in [2.05, 4.69) is 15.9 Å². The third-order valence-electron chi connectivity index (χ3n) is 0. The molecule has 38 valence electrons. The van der Waals surface area contributed by atoms with Gasteiger partial charge in [0.25, 0.3) is 0 Å². The minimum atomic E-state index is 0. The molecule has 0 amide bonds. The second-order valence-electron chi connectivity index (χ2n) is 0.126. The van der Waals surface area contributed by atoms with Crippen molar-refractivity contribution in [2.24, 2.45) is 0 Å². The molecule has 0 nitrogen and oxygen atoms in total. The molecule has 0 heterocycles. The van der Waals surface area contributed by atoms with Crippen LogP contribution in [-0.4, -0.2) is 24.4 Å². The Labute approximate surface area is 70.4 Å². The van der Waals surface area contributed by atoms with E-state index < -0.39 is 0 Å². The topological polar surface area (TPSA) is 0 Å². The molecule has 0 aliphatic carbocycles. The fourth-order valence-corrected chi connectivity index (χ4v) is 0. The van der Waals surface area contributed by atoms with Crippen LogP contribution in [-0.2, 0) is 30.9 Å². The van der Waals surface area contributed by atoms with Gasteiger partial charge >= 0.3 is 54.4 Å². The van der Waals surface area contributed by atoms with E-state index in [1.165, 1.54) is 0 Å². The van der Waals surface area contributed by atoms with Crippen LogP contribution >= 0.6 is 15.9 Å². The van der Waals surface area contributed by atoms with E-state index in [-0.39, 0.29) is 41.2 Å². The number of hydrogen-bond acceptors (Lipinski definition) is 0. The van der Waals surface area contributed by atoms with E-state index in [9.17, 15) is 0 Å². The summed E-state index contributed by atoms with van der Waals surface area (Å²) in [4.78, 5) is 0. The summed E-state index contributed by atoms with van der Waals surface area (Å²) in [5, 5.41) is 0. The fraction of sp³-hybridized carbons (Fsp3) is 0. The van der Waals surface area contributed by atoms with Crippen molar-refractivity contribution < 1.29 is 30.9 Å². The van der Waals surface area contributed by atoms with Crippen LogP contribution in [0.5, 0.6) is 0 Å². The Morgan fingerprint density at radius 1 is 1.20 bits per heavy atom. The molecule has 2 atom stereocenters. The van der Waals surface area contributed by atoms with Crippen molar-refractivity contribution in [2.75, 3.05) is 0 Å². The predicted octanol–water partition coefficient (Wildman–Crippen LogP) is -0.537. The first-order chi connectivity index (χ1) is 1.41. The average Bonchev–Trinajstić information content (AvgIpc) is 0.918. The van der Waals surface area contributed by atoms with Gasteiger partial charge in [-0.05, 0) is 0 Å². The molecule has 0 rings (SSSR count). The first-order valence-corrected chi connectivity index (χ1v) is 5.40. The van der Waals surface area contributed by atoms with Crippen molar-refractivity contribution in [1.82, 2.24) is 0 Å². The summed E-state index contributed by atoms with van der Waals surface area (Å²) in [6.07, 6.45) is 0. The first-order valence-electron chi connectivity index (χ1n) is 0.436. The molecule has 5 heteroatoms. The third-order valence-corrected chi connectivity index (χ3v) is 0. The Bertz CT molecular complexity index is 9.61. The van der Waals surface area contributed by atoms with Gasteiger partial charge in [0.1, 0.15) is 0 Å². The van der Waals surface area contributed by atoms with Gasteiger partial charge in [0, 0.05) is 16.8 Å². The van der Waals surface area contributed by atoms with Gasteiger partial charge in [0.15, 0.2) is 0 Å². The summed E-state index contributed by atoms with van der Waals surface area (Å²) in [7, 11) is 5.15. The average molecular weight is 305 g/mol. The number of hydrogen-bond donors (Lipinski definition) is 0. The Morgan fingerprint density at radius 2 is 1.20 bits per heavy atom. The molecule has 0 N–H and O–H groups in total. The third kappa shape index (κ3) is 20.3. The number of rotatable bonds is 0. The van der Waals surface area contributed by atoms with Gasteiger partial charge in [0.05, 0.1) is 0 Å². The molecule has 2 unspecified atom stereocenters. The Kier molecular flexibility index (Phi) is 49.8. The van der Waals surface area contributed by atoms with Gasteiger partial charge in [-0.15, -0.1) is 0 Å². The van der Waals surface area contributed by atoms with Gasteiger partial charge in [-0.1, -0.05) is 0 Å². The molecule has 0 aromatic rings. The van der Waals surface area contributed by atoms with Crippen molar-refractivity contribution in [3.05, 3.63) is 0 Å². The Hall–Kier alpha value is 2.70. The van der Waals surface area contributed by atoms with Gasteiger partial charge in [-0.25, -0.2) is 0 Å². The molecule has 0 aromatic heterocycles. The minimum absolute atomic E-state index is 0. The molecular weight excluding hydrogens is 298 g/mol. The zero-order valence-electron chi connectivity index (χ0n) is 2.57. The van der Waals surface area contributed by atoms with Crippen molar-refractivity contribution in [2.45, 2.75) is 0 Å². The Morgan fingerprint density at radius 3 is 1.20 bits per heavy atom. The molecule has 0 bridgehead atoms. The second kappa shape index (κ2) is 15.9. The monoisotopic (exact) mass is 304 g/mol. The molecule has 5 heavy (non-hydrogen) atoms. The van der Waals surface area contributed by atoms with Crippen LogP contribution in [0.25, 0.3) is 0 Å². The van der Waals surface area contributed by atoms with E-state index in [4.69, 9.17) is 0 Å². The van der Waals surface area contributed by atoms with E-state index in [1.54, 1.807) is 0 Å². The van der Waals surface area contributed by atoms with E-state index in [0.29, 0.717) is 0 Å². The molecule has 0 saturated carbocycles. The van der Waals surface area contributed by atoms with Crippen LogP contribution in [0.15, 0.2) is 0 Å². The maximum absolute atomic E-state index is 2.57. The molecule has 1 radical (unpaired) electrons. The SMILES string of the molecule is [Co].[PH2][Mn][PH2].[SbH3]. The second-order valence-corrected chi connectivity index (χ2v) is 4.68. The van der Waals surface area contributed by atoms with E-state index in [1.807, 2.05) is 0 Å². The van der Waals surface area contributed by atoms with Crippen molar-refractivity contribution in [1.29, 1.82) is 0 Å². The summed E-state index contributed by atoms with van der Waals surface area (Å²) in [5.41, 5.74) is 0. The first kappa shape index (κ1) is 15.6. The van der Waals surface area contributed by atoms with Crippen LogP contribution < -0.4 is 0 Å². The van der Waals surface area contributed by atoms with Crippen molar-refractivity contribution in [3.63, 3.8) is 0 Å². The van der Waals surface area contributed by atoms with Gasteiger partial charge in [0.2, 0.25) is 0 Å². The quantitative estimate of drug-likeness (QED) is 0.417. The normalized spacial score (nSPS) is 3.60. The Balaban J connectivity index is -0.0000000200. The predicted molar refractivity (Wildman–Crippen MR) is 29.4 cm³/mol. The fourth-order valence-electron chi connectivity index (χ4n) is 0. The molecule has 0 fully saturated rings. The molecule has 0 aliphatic rings. The van der Waals surface area contributed by atoms with E-state index >= 15 is 0 Å². The van der Waals surface area contributed by atoms with Crippen molar-refractivity contribution >= 4 is 40.3 Å². The summed E-state index contributed by atoms with van der Waals surface area (Å²) in [5.74, 6) is 0. The molecule has 0 spiro atoms. The van der Waals surface area contributed by atoms with Crippen LogP contribution in [0.1, 0.15) is 0 Å². The molecular formula is H7CoMnP2Sb. The van der Waals surface area contributed by atoms with Gasteiger partial charge < -0.3 is 0 Å². The summed E-state index contributed by atoms with van der Waals surface area (Å²) >= 11 is 0.896. The molecule has 0 aromatic carbocycles. The summed E-state index contributed by atoms with van der Waals surface area (Å²) in [6, 6.07) is 0. The maximum atomic E-state index is 2.57. The van der Waals surface area contributed by atoms with Crippen molar-refractivity contribution in [3.8, 4) is 0 Å². The standard InChI is InChI=1S/Co.Mn.2H2P.Sb.3H/h;;2*1H2;;;;/q;+2;2*-1;;;;. The molecule has 0 saturated heterocycles. The van der Waals surface area contributed by atoms with Crippen LogP contribution in [0.2, 0.25) is 0 Å². The van der Waals surface area contributed by atoms with Gasteiger partial charge in [-0.3, -0.25) is 0 Å². The summed E-state index contributed by atoms with van der Waals surface area (Å²) < 4.78 is 0. The van der Waals surface area contributed by atoms with Crippen LogP contribution in [0, 0.1) is 0 Å².